The number of anilines is 2. The largest absolute Gasteiger partial charge is 0.493 e. The van der Waals surface area contributed by atoms with E-state index in [1.807, 2.05) is 6.92 Å². The monoisotopic (exact) mass is 508 g/mol. The Morgan fingerprint density at radius 1 is 0.943 bits per heavy atom. The van der Waals surface area contributed by atoms with Gasteiger partial charge in [0.05, 0.1) is 30.4 Å². The average molecular weight is 509 g/mol. The van der Waals surface area contributed by atoms with Gasteiger partial charge in [-0.3, -0.25) is 9.10 Å². The summed E-state index contributed by atoms with van der Waals surface area (Å²) in [5, 5.41) is 2.34. The summed E-state index contributed by atoms with van der Waals surface area (Å²) in [6, 6.07) is 14.5. The van der Waals surface area contributed by atoms with Gasteiger partial charge in [-0.2, -0.15) is 13.2 Å². The Hall–Kier alpha value is -3.73. The molecule has 3 aromatic carbocycles. The molecule has 35 heavy (non-hydrogen) atoms. The van der Waals surface area contributed by atoms with Crippen LogP contribution >= 0.6 is 0 Å². The number of ether oxygens (including phenoxy) is 2. The van der Waals surface area contributed by atoms with Gasteiger partial charge in [-0.1, -0.05) is 23.8 Å². The Labute approximate surface area is 201 Å². The minimum atomic E-state index is -4.59. The number of alkyl halides is 3. The summed E-state index contributed by atoms with van der Waals surface area (Å²) in [5.41, 5.74) is 0.0102. The van der Waals surface area contributed by atoms with Crippen molar-refractivity contribution >= 4 is 27.3 Å². The van der Waals surface area contributed by atoms with Crippen molar-refractivity contribution in [2.24, 2.45) is 0 Å². The topological polar surface area (TPSA) is 84.9 Å². The number of carbonyl (C=O) groups excluding carboxylic acids is 1. The van der Waals surface area contributed by atoms with Gasteiger partial charge in [0.25, 0.3) is 10.0 Å². The summed E-state index contributed by atoms with van der Waals surface area (Å²) in [5.74, 6) is -0.338. The summed E-state index contributed by atoms with van der Waals surface area (Å²) >= 11 is 0. The van der Waals surface area contributed by atoms with E-state index in [2.05, 4.69) is 5.32 Å². The fourth-order valence-electron chi connectivity index (χ4n) is 3.23. The number of nitrogens with one attached hydrogen (secondary N) is 1. The number of benzene rings is 3. The van der Waals surface area contributed by atoms with Crippen LogP contribution in [-0.2, 0) is 21.0 Å². The third-order valence-corrected chi connectivity index (χ3v) is 6.80. The molecule has 11 heteroatoms. The molecule has 0 atom stereocenters. The van der Waals surface area contributed by atoms with Crippen molar-refractivity contribution in [1.29, 1.82) is 0 Å². The molecule has 7 nitrogen and oxygen atoms in total. The first kappa shape index (κ1) is 25.9. The lowest BCUT2D eigenvalue weighted by molar-refractivity contribution is -0.137. The average Bonchev–Trinajstić information content (AvgIpc) is 2.82. The SMILES string of the molecule is COc1ccc(S(=O)(=O)N(CC(=O)Nc2cccc(C(F)(F)F)c2)c2ccc(C)cc2)cc1OC. The second kappa shape index (κ2) is 10.3. The van der Waals surface area contributed by atoms with Gasteiger partial charge >= 0.3 is 6.18 Å². The van der Waals surface area contributed by atoms with E-state index in [-0.39, 0.29) is 22.0 Å². The van der Waals surface area contributed by atoms with Crippen molar-refractivity contribution in [3.63, 3.8) is 0 Å². The molecule has 0 aromatic heterocycles. The van der Waals surface area contributed by atoms with E-state index < -0.39 is 34.2 Å². The molecule has 0 unspecified atom stereocenters. The number of amides is 1. The lowest BCUT2D eigenvalue weighted by Crippen LogP contribution is -2.38. The molecule has 0 aliphatic heterocycles. The third-order valence-electron chi connectivity index (χ3n) is 5.03. The maximum Gasteiger partial charge on any atom is 0.416 e. The standard InChI is InChI=1S/C24H23F3N2O5S/c1-16-7-9-19(10-8-16)29(35(31,32)20-11-12-21(33-2)22(14-20)34-3)15-23(30)28-18-6-4-5-17(13-18)24(25,26)27/h4-14H,15H2,1-3H3,(H,28,30). The molecule has 0 aliphatic carbocycles. The van der Waals surface area contributed by atoms with Gasteiger partial charge in [-0.25, -0.2) is 8.42 Å². The van der Waals surface area contributed by atoms with Crippen LogP contribution in [0.25, 0.3) is 0 Å². The highest BCUT2D eigenvalue weighted by Crippen LogP contribution is 2.33. The molecule has 3 rings (SSSR count). The summed E-state index contributed by atoms with van der Waals surface area (Å²) in [4.78, 5) is 12.6. The van der Waals surface area contributed by atoms with Crippen molar-refractivity contribution in [3.8, 4) is 11.5 Å². The quantitative estimate of drug-likeness (QED) is 0.470. The van der Waals surface area contributed by atoms with E-state index >= 15 is 0 Å². The first-order valence-corrected chi connectivity index (χ1v) is 11.7. The lowest BCUT2D eigenvalue weighted by atomic mass is 10.2. The van der Waals surface area contributed by atoms with Crippen LogP contribution in [-0.4, -0.2) is 35.1 Å². The normalized spacial score (nSPS) is 11.6. The van der Waals surface area contributed by atoms with E-state index in [9.17, 15) is 26.4 Å². The van der Waals surface area contributed by atoms with Crippen LogP contribution in [0.2, 0.25) is 0 Å². The Bertz CT molecular complexity index is 1310. The number of hydrogen-bond donors (Lipinski definition) is 1. The zero-order valence-electron chi connectivity index (χ0n) is 19.1. The third kappa shape index (κ3) is 6.04. The smallest absolute Gasteiger partial charge is 0.416 e. The number of hydrogen-bond acceptors (Lipinski definition) is 5. The van der Waals surface area contributed by atoms with Gasteiger partial charge in [0.2, 0.25) is 5.91 Å². The lowest BCUT2D eigenvalue weighted by Gasteiger charge is -2.24. The van der Waals surface area contributed by atoms with Gasteiger partial charge in [0.1, 0.15) is 6.54 Å². The highest BCUT2D eigenvalue weighted by molar-refractivity contribution is 7.92. The number of halogens is 3. The number of nitrogens with zero attached hydrogens (tertiary/aromatic N) is 1. The maximum absolute atomic E-state index is 13.6. The summed E-state index contributed by atoms with van der Waals surface area (Å²) in [6.07, 6.45) is -4.59. The van der Waals surface area contributed by atoms with Crippen LogP contribution in [0.3, 0.4) is 0 Å². The first-order chi connectivity index (χ1) is 16.5. The second-order valence-electron chi connectivity index (χ2n) is 7.49. The van der Waals surface area contributed by atoms with Crippen LogP contribution in [0, 0.1) is 6.92 Å². The molecule has 0 bridgehead atoms. The first-order valence-electron chi connectivity index (χ1n) is 10.2. The minimum Gasteiger partial charge on any atom is -0.493 e. The molecule has 1 N–H and O–H groups in total. The summed E-state index contributed by atoms with van der Waals surface area (Å²) in [6.45, 7) is 1.13. The van der Waals surface area contributed by atoms with Crippen molar-refractivity contribution in [2.75, 3.05) is 30.4 Å². The Kier molecular flexibility index (Phi) is 7.59. The summed E-state index contributed by atoms with van der Waals surface area (Å²) < 4.78 is 77.4. The number of carbonyl (C=O) groups is 1. The Morgan fingerprint density at radius 2 is 1.60 bits per heavy atom. The molecule has 0 aliphatic rings. The fraction of sp³-hybridized carbons (Fsp3) is 0.208. The van der Waals surface area contributed by atoms with Gasteiger partial charge in [-0.05, 0) is 49.4 Å². The van der Waals surface area contributed by atoms with Gasteiger partial charge in [-0.15, -0.1) is 0 Å². The molecule has 186 valence electrons. The number of methoxy groups -OCH3 is 2. The minimum absolute atomic E-state index is 0.114. The van der Waals surface area contributed by atoms with E-state index in [4.69, 9.17) is 9.47 Å². The number of aryl methyl sites for hydroxylation is 1. The molecule has 0 radical (unpaired) electrons. The van der Waals surface area contributed by atoms with Crippen LogP contribution in [0.15, 0.2) is 71.6 Å². The van der Waals surface area contributed by atoms with Gasteiger partial charge in [0, 0.05) is 11.8 Å². The predicted molar refractivity (Wildman–Crippen MR) is 125 cm³/mol. The Morgan fingerprint density at radius 3 is 2.20 bits per heavy atom. The fourth-order valence-corrected chi connectivity index (χ4v) is 4.67. The summed E-state index contributed by atoms with van der Waals surface area (Å²) in [7, 11) is -1.53. The van der Waals surface area contributed by atoms with Crippen LogP contribution < -0.4 is 19.1 Å². The van der Waals surface area contributed by atoms with E-state index in [0.717, 1.165) is 28.1 Å². The molecule has 1 amide bonds. The molecule has 0 fully saturated rings. The van der Waals surface area contributed by atoms with Crippen molar-refractivity contribution in [1.82, 2.24) is 0 Å². The molecule has 3 aromatic rings. The van der Waals surface area contributed by atoms with E-state index in [0.29, 0.717) is 5.75 Å². The van der Waals surface area contributed by atoms with Crippen molar-refractivity contribution < 1.29 is 35.9 Å². The van der Waals surface area contributed by atoms with Gasteiger partial charge in [0.15, 0.2) is 11.5 Å². The molecule has 0 saturated heterocycles. The highest BCUT2D eigenvalue weighted by atomic mass is 32.2. The highest BCUT2D eigenvalue weighted by Gasteiger charge is 2.31. The zero-order chi connectivity index (χ0) is 25.8. The van der Waals surface area contributed by atoms with Crippen LogP contribution in [0.1, 0.15) is 11.1 Å². The van der Waals surface area contributed by atoms with Crippen LogP contribution in [0.5, 0.6) is 11.5 Å². The van der Waals surface area contributed by atoms with Crippen LogP contribution in [0.4, 0.5) is 24.5 Å². The number of rotatable bonds is 8. The second-order valence-corrected chi connectivity index (χ2v) is 9.35. The predicted octanol–water partition coefficient (Wildman–Crippen LogP) is 4.87. The molecular formula is C24H23F3N2O5S. The van der Waals surface area contributed by atoms with Gasteiger partial charge < -0.3 is 14.8 Å². The van der Waals surface area contributed by atoms with E-state index in [1.165, 1.54) is 50.6 Å². The van der Waals surface area contributed by atoms with E-state index in [1.54, 1.807) is 12.1 Å². The zero-order valence-corrected chi connectivity index (χ0v) is 19.9. The Balaban J connectivity index is 1.97. The molecule has 0 spiro atoms. The maximum atomic E-state index is 13.6. The number of sulfonamides is 1. The molecule has 0 heterocycles. The van der Waals surface area contributed by atoms with Crippen molar-refractivity contribution in [3.05, 3.63) is 77.9 Å². The van der Waals surface area contributed by atoms with Crippen molar-refractivity contribution in [2.45, 2.75) is 18.0 Å². The molecule has 0 saturated carbocycles. The molecular weight excluding hydrogens is 485 g/mol.